The fourth-order valence-corrected chi connectivity index (χ4v) is 2.16. The second-order valence-corrected chi connectivity index (χ2v) is 4.00. The highest BCUT2D eigenvalue weighted by molar-refractivity contribution is 5.49. The second kappa shape index (κ2) is 4.64. The third-order valence-electron chi connectivity index (χ3n) is 3.04. The van der Waals surface area contributed by atoms with Gasteiger partial charge in [0.1, 0.15) is 0 Å². The molecule has 0 saturated carbocycles. The maximum absolute atomic E-state index is 9.22. The van der Waals surface area contributed by atoms with Crippen molar-refractivity contribution in [2.45, 2.75) is 25.5 Å². The molecule has 0 spiro atoms. The van der Waals surface area contributed by atoms with Crippen LogP contribution in [0, 0.1) is 0 Å². The number of aliphatic hydroxyl groups excluding tert-OH is 2. The first-order valence-electron chi connectivity index (χ1n) is 5.42. The Morgan fingerprint density at radius 2 is 1.93 bits per heavy atom. The predicted molar refractivity (Wildman–Crippen MR) is 59.8 cm³/mol. The summed E-state index contributed by atoms with van der Waals surface area (Å²) < 4.78 is 0. The Labute approximate surface area is 90.0 Å². The van der Waals surface area contributed by atoms with Gasteiger partial charge in [-0.05, 0) is 30.5 Å². The van der Waals surface area contributed by atoms with Crippen LogP contribution in [-0.4, -0.2) is 29.4 Å². The normalized spacial score (nSPS) is 20.9. The molecule has 0 bridgehead atoms. The van der Waals surface area contributed by atoms with E-state index >= 15 is 0 Å². The van der Waals surface area contributed by atoms with E-state index in [-0.39, 0.29) is 19.3 Å². The summed E-state index contributed by atoms with van der Waals surface area (Å²) in [5.74, 6) is 0. The Morgan fingerprint density at radius 3 is 2.53 bits per heavy atom. The molecule has 1 fully saturated rings. The molecule has 1 aromatic rings. The van der Waals surface area contributed by atoms with Gasteiger partial charge in [-0.25, -0.2) is 0 Å². The van der Waals surface area contributed by atoms with Gasteiger partial charge in [0, 0.05) is 12.2 Å². The van der Waals surface area contributed by atoms with Gasteiger partial charge in [-0.3, -0.25) is 0 Å². The van der Waals surface area contributed by atoms with Crippen LogP contribution in [-0.2, 0) is 6.61 Å². The zero-order valence-electron chi connectivity index (χ0n) is 8.76. The van der Waals surface area contributed by atoms with Gasteiger partial charge in [0.05, 0.1) is 19.3 Å². The second-order valence-electron chi connectivity index (χ2n) is 4.00. The van der Waals surface area contributed by atoms with E-state index in [0.29, 0.717) is 0 Å². The third-order valence-corrected chi connectivity index (χ3v) is 3.04. The molecular formula is C12H17NO2. The molecule has 1 aromatic carbocycles. The summed E-state index contributed by atoms with van der Waals surface area (Å²) in [6.07, 6.45) is 2.21. The number of hydrogen-bond donors (Lipinski definition) is 2. The smallest absolute Gasteiger partial charge is 0.0681 e. The lowest BCUT2D eigenvalue weighted by Crippen LogP contribution is -2.31. The topological polar surface area (TPSA) is 43.7 Å². The molecule has 1 unspecified atom stereocenters. The molecule has 2 rings (SSSR count). The SMILES string of the molecule is OCc1ccc(N2CCCC2CO)cc1. The Hall–Kier alpha value is -1.06. The van der Waals surface area contributed by atoms with Gasteiger partial charge < -0.3 is 15.1 Å². The summed E-state index contributed by atoms with van der Waals surface area (Å²) in [6.45, 7) is 1.33. The molecule has 1 heterocycles. The van der Waals surface area contributed by atoms with Gasteiger partial charge in [0.2, 0.25) is 0 Å². The van der Waals surface area contributed by atoms with Crippen molar-refractivity contribution in [1.29, 1.82) is 0 Å². The first-order chi connectivity index (χ1) is 7.35. The largest absolute Gasteiger partial charge is 0.394 e. The van der Waals surface area contributed by atoms with Crippen LogP contribution in [0.3, 0.4) is 0 Å². The first-order valence-corrected chi connectivity index (χ1v) is 5.42. The van der Waals surface area contributed by atoms with Crippen molar-refractivity contribution in [3.63, 3.8) is 0 Å². The lowest BCUT2D eigenvalue weighted by atomic mass is 10.2. The summed E-state index contributed by atoms with van der Waals surface area (Å²) in [7, 11) is 0. The van der Waals surface area contributed by atoms with Crippen molar-refractivity contribution in [1.82, 2.24) is 0 Å². The number of hydrogen-bond acceptors (Lipinski definition) is 3. The van der Waals surface area contributed by atoms with E-state index in [9.17, 15) is 5.11 Å². The molecule has 82 valence electrons. The average Bonchev–Trinajstić information content (AvgIpc) is 2.77. The highest BCUT2D eigenvalue weighted by Crippen LogP contribution is 2.25. The maximum atomic E-state index is 9.22. The van der Waals surface area contributed by atoms with Crippen LogP contribution in [0.15, 0.2) is 24.3 Å². The summed E-state index contributed by atoms with van der Waals surface area (Å²) in [5, 5.41) is 18.2. The highest BCUT2D eigenvalue weighted by atomic mass is 16.3. The Balaban J connectivity index is 2.14. The number of nitrogens with zero attached hydrogens (tertiary/aromatic N) is 1. The summed E-state index contributed by atoms with van der Waals surface area (Å²) in [5.41, 5.74) is 2.07. The molecule has 3 heteroatoms. The lowest BCUT2D eigenvalue weighted by molar-refractivity contribution is 0.266. The van der Waals surface area contributed by atoms with E-state index in [1.807, 2.05) is 24.3 Å². The molecular weight excluding hydrogens is 190 g/mol. The van der Waals surface area contributed by atoms with Gasteiger partial charge in [-0.15, -0.1) is 0 Å². The standard InChI is InChI=1S/C12H17NO2/c14-8-10-3-5-11(6-4-10)13-7-1-2-12(13)9-15/h3-6,12,14-15H,1-2,7-9H2. The molecule has 0 aliphatic carbocycles. The summed E-state index contributed by atoms with van der Waals surface area (Å²) >= 11 is 0. The van der Waals surface area contributed by atoms with E-state index in [0.717, 1.165) is 30.6 Å². The average molecular weight is 207 g/mol. The molecule has 3 nitrogen and oxygen atoms in total. The summed E-state index contributed by atoms with van der Waals surface area (Å²) in [4.78, 5) is 2.24. The van der Waals surface area contributed by atoms with Crippen molar-refractivity contribution >= 4 is 5.69 Å². The number of benzene rings is 1. The first kappa shape index (κ1) is 10.5. The van der Waals surface area contributed by atoms with Crippen molar-refractivity contribution in [3.05, 3.63) is 29.8 Å². The van der Waals surface area contributed by atoms with Gasteiger partial charge in [-0.2, -0.15) is 0 Å². The quantitative estimate of drug-likeness (QED) is 0.781. The van der Waals surface area contributed by atoms with Gasteiger partial charge in [-0.1, -0.05) is 12.1 Å². The van der Waals surface area contributed by atoms with Gasteiger partial charge >= 0.3 is 0 Å². The molecule has 0 amide bonds. The Morgan fingerprint density at radius 1 is 1.20 bits per heavy atom. The maximum Gasteiger partial charge on any atom is 0.0681 e. The molecule has 2 N–H and O–H groups in total. The van der Waals surface area contributed by atoms with E-state index in [1.165, 1.54) is 0 Å². The van der Waals surface area contributed by atoms with Crippen molar-refractivity contribution in [3.8, 4) is 0 Å². The molecule has 1 atom stereocenters. The fraction of sp³-hybridized carbons (Fsp3) is 0.500. The molecule has 1 saturated heterocycles. The van der Waals surface area contributed by atoms with Crippen molar-refractivity contribution in [2.75, 3.05) is 18.1 Å². The Bertz CT molecular complexity index is 310. The minimum Gasteiger partial charge on any atom is -0.394 e. The van der Waals surface area contributed by atoms with E-state index in [2.05, 4.69) is 4.90 Å². The van der Waals surface area contributed by atoms with Crippen LogP contribution in [0.5, 0.6) is 0 Å². The summed E-state index contributed by atoms with van der Waals surface area (Å²) in [6, 6.07) is 8.16. The number of anilines is 1. The van der Waals surface area contributed by atoms with Crippen molar-refractivity contribution in [2.24, 2.45) is 0 Å². The van der Waals surface area contributed by atoms with Gasteiger partial charge in [0.15, 0.2) is 0 Å². The minimum atomic E-state index is 0.0870. The highest BCUT2D eigenvalue weighted by Gasteiger charge is 2.23. The third kappa shape index (κ3) is 2.13. The monoisotopic (exact) mass is 207 g/mol. The lowest BCUT2D eigenvalue weighted by Gasteiger charge is -2.25. The van der Waals surface area contributed by atoms with Gasteiger partial charge in [0.25, 0.3) is 0 Å². The number of rotatable bonds is 3. The molecule has 15 heavy (non-hydrogen) atoms. The molecule has 1 aliphatic heterocycles. The van der Waals surface area contributed by atoms with Crippen LogP contribution in [0.2, 0.25) is 0 Å². The van der Waals surface area contributed by atoms with E-state index < -0.39 is 0 Å². The number of aliphatic hydroxyl groups is 2. The van der Waals surface area contributed by atoms with Crippen LogP contribution < -0.4 is 4.90 Å². The van der Waals surface area contributed by atoms with E-state index in [4.69, 9.17) is 5.11 Å². The van der Waals surface area contributed by atoms with E-state index in [1.54, 1.807) is 0 Å². The zero-order chi connectivity index (χ0) is 10.7. The van der Waals surface area contributed by atoms with Crippen LogP contribution in [0.25, 0.3) is 0 Å². The van der Waals surface area contributed by atoms with Crippen LogP contribution >= 0.6 is 0 Å². The van der Waals surface area contributed by atoms with Crippen LogP contribution in [0.1, 0.15) is 18.4 Å². The zero-order valence-corrected chi connectivity index (χ0v) is 8.76. The predicted octanol–water partition coefficient (Wildman–Crippen LogP) is 1.14. The van der Waals surface area contributed by atoms with Crippen LogP contribution in [0.4, 0.5) is 5.69 Å². The molecule has 0 radical (unpaired) electrons. The minimum absolute atomic E-state index is 0.0870. The fourth-order valence-electron chi connectivity index (χ4n) is 2.16. The molecule has 1 aliphatic rings. The Kier molecular flexibility index (Phi) is 3.23. The molecule has 0 aromatic heterocycles. The van der Waals surface area contributed by atoms with Crippen molar-refractivity contribution < 1.29 is 10.2 Å².